The lowest BCUT2D eigenvalue weighted by atomic mass is 10.5. The van der Waals surface area contributed by atoms with Gasteiger partial charge in [0.05, 0.1) is 0 Å². The average Bonchev–Trinajstić information content (AvgIpc) is 1.31. The summed E-state index contributed by atoms with van der Waals surface area (Å²) < 4.78 is 9.49. The number of rotatable bonds is 1. The Morgan fingerprint density at radius 2 is 2.14 bits per heavy atom. The SMILES string of the molecule is CC(=O)[C@](F)(Cl)Br. The highest BCUT2D eigenvalue weighted by molar-refractivity contribution is 9.10. The molecule has 0 aromatic heterocycles. The first-order valence-corrected chi connectivity index (χ1v) is 2.69. The third-order valence-corrected chi connectivity index (χ3v) is 1.22. The van der Waals surface area contributed by atoms with Gasteiger partial charge in [-0.1, -0.05) is 11.6 Å². The van der Waals surface area contributed by atoms with Crippen LogP contribution in [-0.2, 0) is 4.79 Å². The van der Waals surface area contributed by atoms with Crippen molar-refractivity contribution in [1.29, 1.82) is 0 Å². The van der Waals surface area contributed by atoms with Crippen LogP contribution >= 0.6 is 27.5 Å². The van der Waals surface area contributed by atoms with Crippen molar-refractivity contribution in [2.45, 2.75) is 11.0 Å². The van der Waals surface area contributed by atoms with E-state index in [2.05, 4.69) is 15.9 Å². The first-order chi connectivity index (χ1) is 2.94. The molecule has 0 saturated carbocycles. The minimum absolute atomic E-state index is 0.742. The minimum atomic E-state index is -2.35. The quantitative estimate of drug-likeness (QED) is 0.575. The summed E-state index contributed by atoms with van der Waals surface area (Å²) in [7, 11) is 0. The molecule has 1 atom stereocenters. The lowest BCUT2D eigenvalue weighted by Gasteiger charge is -2.00. The summed E-state index contributed by atoms with van der Waals surface area (Å²) in [5, 5.41) is 0. The fourth-order valence-corrected chi connectivity index (χ4v) is 0. The number of carbonyl (C=O) groups is 1. The normalized spacial score (nSPS) is 18.3. The first kappa shape index (κ1) is 7.37. The number of halogens is 3. The third-order valence-electron chi connectivity index (χ3n) is 0.399. The van der Waals surface area contributed by atoms with Gasteiger partial charge in [-0.25, -0.2) is 4.39 Å². The second-order valence-electron chi connectivity index (χ2n) is 1.05. The van der Waals surface area contributed by atoms with Crippen LogP contribution in [0.1, 0.15) is 6.92 Å². The van der Waals surface area contributed by atoms with E-state index in [1.165, 1.54) is 0 Å². The Balaban J connectivity index is 3.79. The van der Waals surface area contributed by atoms with Crippen LogP contribution in [0.3, 0.4) is 0 Å². The zero-order chi connectivity index (χ0) is 6.08. The Labute approximate surface area is 54.0 Å². The number of Topliss-reactive ketones (excluding diaryl/α,β-unsaturated/α-hetero) is 1. The predicted molar refractivity (Wildman–Crippen MR) is 29.3 cm³/mol. The second-order valence-corrected chi connectivity index (χ2v) is 3.12. The molecule has 0 bridgehead atoms. The highest BCUT2D eigenvalue weighted by atomic mass is 79.9. The molecule has 0 aliphatic rings. The summed E-state index contributed by atoms with van der Waals surface area (Å²) in [4.78, 5) is 9.91. The molecule has 0 amide bonds. The molecule has 0 N–H and O–H groups in total. The van der Waals surface area contributed by atoms with E-state index in [-0.39, 0.29) is 0 Å². The molecule has 0 rings (SSSR count). The summed E-state index contributed by atoms with van der Waals surface area (Å²) in [5.74, 6) is -0.742. The van der Waals surface area contributed by atoms with Crippen molar-refractivity contribution in [3.63, 3.8) is 0 Å². The number of ketones is 1. The van der Waals surface area contributed by atoms with Gasteiger partial charge in [-0.15, -0.1) is 0 Å². The van der Waals surface area contributed by atoms with Crippen LogP contribution in [0, 0.1) is 0 Å². The van der Waals surface area contributed by atoms with E-state index in [1.54, 1.807) is 0 Å². The topological polar surface area (TPSA) is 17.1 Å². The van der Waals surface area contributed by atoms with Crippen LogP contribution in [-0.4, -0.2) is 9.82 Å². The number of carbonyl (C=O) groups excluding carboxylic acids is 1. The van der Waals surface area contributed by atoms with E-state index in [9.17, 15) is 9.18 Å². The molecule has 0 aliphatic carbocycles. The standard InChI is InChI=1S/C3H3BrClFO/c1-2(7)3(4,5)6/h1H3/t3-/m1/s1. The van der Waals surface area contributed by atoms with E-state index in [0.29, 0.717) is 0 Å². The highest BCUT2D eigenvalue weighted by Gasteiger charge is 2.27. The molecular weight excluding hydrogens is 186 g/mol. The van der Waals surface area contributed by atoms with Crippen molar-refractivity contribution in [3.05, 3.63) is 0 Å². The van der Waals surface area contributed by atoms with Gasteiger partial charge >= 0.3 is 0 Å². The van der Waals surface area contributed by atoms with Gasteiger partial charge in [-0.05, 0) is 15.9 Å². The highest BCUT2D eigenvalue weighted by Crippen LogP contribution is 2.25. The number of alkyl halides is 3. The van der Waals surface area contributed by atoms with Crippen molar-refractivity contribution in [3.8, 4) is 0 Å². The molecule has 0 radical (unpaired) electrons. The lowest BCUT2D eigenvalue weighted by Crippen LogP contribution is -2.14. The molecule has 0 unspecified atom stereocenters. The van der Waals surface area contributed by atoms with E-state index < -0.39 is 9.82 Å². The van der Waals surface area contributed by atoms with Crippen molar-refractivity contribution in [1.82, 2.24) is 0 Å². The zero-order valence-electron chi connectivity index (χ0n) is 3.54. The van der Waals surface area contributed by atoms with Crippen LogP contribution in [0.15, 0.2) is 0 Å². The van der Waals surface area contributed by atoms with Gasteiger partial charge in [-0.2, -0.15) is 0 Å². The van der Waals surface area contributed by atoms with Gasteiger partial charge in [0.25, 0.3) is 4.04 Å². The molecular formula is C3H3BrClFO. The van der Waals surface area contributed by atoms with Gasteiger partial charge < -0.3 is 0 Å². The minimum Gasteiger partial charge on any atom is -0.294 e. The molecule has 0 spiro atoms. The van der Waals surface area contributed by atoms with Crippen LogP contribution in [0.4, 0.5) is 4.39 Å². The van der Waals surface area contributed by atoms with Gasteiger partial charge in [0, 0.05) is 6.92 Å². The molecule has 0 aliphatic heterocycles. The Kier molecular flexibility index (Phi) is 2.20. The van der Waals surface area contributed by atoms with Crippen molar-refractivity contribution in [2.24, 2.45) is 0 Å². The molecule has 0 saturated heterocycles. The number of hydrogen-bond acceptors (Lipinski definition) is 1. The van der Waals surface area contributed by atoms with Gasteiger partial charge in [0.2, 0.25) is 0 Å². The fraction of sp³-hybridized carbons (Fsp3) is 0.667. The molecule has 0 aromatic rings. The van der Waals surface area contributed by atoms with E-state index >= 15 is 0 Å². The monoisotopic (exact) mass is 188 g/mol. The maximum absolute atomic E-state index is 11.8. The first-order valence-electron chi connectivity index (χ1n) is 1.52. The molecule has 0 heterocycles. The van der Waals surface area contributed by atoms with Crippen molar-refractivity contribution < 1.29 is 9.18 Å². The molecule has 7 heavy (non-hydrogen) atoms. The Morgan fingerprint density at radius 3 is 2.14 bits per heavy atom. The van der Waals surface area contributed by atoms with Crippen molar-refractivity contribution >= 4 is 33.3 Å². The van der Waals surface area contributed by atoms with Crippen LogP contribution in [0.2, 0.25) is 0 Å². The van der Waals surface area contributed by atoms with Gasteiger partial charge in [0.15, 0.2) is 5.78 Å². The van der Waals surface area contributed by atoms with Gasteiger partial charge in [0.1, 0.15) is 0 Å². The Morgan fingerprint density at radius 1 is 2.00 bits per heavy atom. The lowest BCUT2D eigenvalue weighted by molar-refractivity contribution is -0.120. The molecule has 0 fully saturated rings. The predicted octanol–water partition coefficient (Wildman–Crippen LogP) is 1.83. The van der Waals surface area contributed by atoms with E-state index in [1.807, 2.05) is 0 Å². The average molecular weight is 189 g/mol. The molecule has 0 aromatic carbocycles. The Hall–Kier alpha value is 0.370. The molecule has 4 heteroatoms. The zero-order valence-corrected chi connectivity index (χ0v) is 5.88. The maximum Gasteiger partial charge on any atom is 0.295 e. The molecule has 1 nitrogen and oxygen atoms in total. The smallest absolute Gasteiger partial charge is 0.294 e. The summed E-state index contributed by atoms with van der Waals surface area (Å²) in [5.41, 5.74) is 0. The van der Waals surface area contributed by atoms with Crippen LogP contribution < -0.4 is 0 Å². The van der Waals surface area contributed by atoms with Crippen LogP contribution in [0.25, 0.3) is 0 Å². The van der Waals surface area contributed by atoms with E-state index in [4.69, 9.17) is 11.6 Å². The largest absolute Gasteiger partial charge is 0.295 e. The summed E-state index contributed by atoms with van der Waals surface area (Å²) in [6, 6.07) is 0. The van der Waals surface area contributed by atoms with Crippen molar-refractivity contribution in [2.75, 3.05) is 0 Å². The summed E-state index contributed by atoms with van der Waals surface area (Å²) in [6.07, 6.45) is 0. The number of hydrogen-bond donors (Lipinski definition) is 0. The summed E-state index contributed by atoms with van der Waals surface area (Å²) in [6.45, 7) is 1.06. The third kappa shape index (κ3) is 3.00. The fourth-order valence-electron chi connectivity index (χ4n) is 0. The molecule has 42 valence electrons. The second kappa shape index (κ2) is 2.09. The van der Waals surface area contributed by atoms with Crippen LogP contribution in [0.5, 0.6) is 0 Å². The Bertz CT molecular complexity index is 87.4. The maximum atomic E-state index is 11.8. The van der Waals surface area contributed by atoms with Gasteiger partial charge in [-0.3, -0.25) is 4.79 Å². The summed E-state index contributed by atoms with van der Waals surface area (Å²) >= 11 is 7.06. The van der Waals surface area contributed by atoms with E-state index in [0.717, 1.165) is 6.92 Å².